The number of ketones is 1. The molecule has 0 bridgehead atoms. The first kappa shape index (κ1) is 19.9. The molecule has 0 spiro atoms. The van der Waals surface area contributed by atoms with Crippen LogP contribution in [0.4, 0.5) is 5.69 Å². The van der Waals surface area contributed by atoms with Crippen molar-refractivity contribution >= 4 is 17.4 Å². The number of ether oxygens (including phenoxy) is 1. The molecular formula is C24H21NO4. The zero-order valence-electron chi connectivity index (χ0n) is 15.7. The molecule has 2 N–H and O–H groups in total. The Kier molecular flexibility index (Phi) is 6.43. The highest BCUT2D eigenvalue weighted by molar-refractivity contribution is 6.12. The average molecular weight is 387 g/mol. The van der Waals surface area contributed by atoms with E-state index in [0.29, 0.717) is 23.2 Å². The second kappa shape index (κ2) is 9.37. The van der Waals surface area contributed by atoms with E-state index in [-0.39, 0.29) is 11.5 Å². The first-order chi connectivity index (χ1) is 14.1. The van der Waals surface area contributed by atoms with Crippen LogP contribution in [-0.2, 0) is 16.0 Å². The summed E-state index contributed by atoms with van der Waals surface area (Å²) in [6.45, 7) is 3.44. The third kappa shape index (κ3) is 5.11. The molecule has 5 heteroatoms. The Morgan fingerprint density at radius 1 is 0.966 bits per heavy atom. The number of aromatic hydroxyl groups is 1. The third-order valence-electron chi connectivity index (χ3n) is 4.40. The minimum Gasteiger partial charge on any atom is -0.508 e. The van der Waals surface area contributed by atoms with Gasteiger partial charge in [-0.1, -0.05) is 61.2 Å². The van der Waals surface area contributed by atoms with Crippen molar-refractivity contribution in [3.8, 4) is 5.75 Å². The number of carbonyl (C=O) groups is 2. The highest BCUT2D eigenvalue weighted by atomic mass is 16.5. The highest BCUT2D eigenvalue weighted by Crippen LogP contribution is 2.22. The second-order valence-electron chi connectivity index (χ2n) is 6.41. The molecule has 0 heterocycles. The van der Waals surface area contributed by atoms with E-state index in [1.165, 1.54) is 0 Å². The molecule has 146 valence electrons. The number of hydrogen-bond acceptors (Lipinski definition) is 5. The molecule has 29 heavy (non-hydrogen) atoms. The first-order valence-electron chi connectivity index (χ1n) is 9.13. The van der Waals surface area contributed by atoms with Crippen LogP contribution in [-0.4, -0.2) is 22.9 Å². The predicted octanol–water partition coefficient (Wildman–Crippen LogP) is 4.33. The number of para-hydroxylation sites is 1. The number of carbonyl (C=O) groups excluding carboxylic acids is 2. The number of hydrogen-bond donors (Lipinski definition) is 2. The van der Waals surface area contributed by atoms with Crippen molar-refractivity contribution in [1.82, 2.24) is 0 Å². The van der Waals surface area contributed by atoms with E-state index in [2.05, 4.69) is 11.9 Å². The molecule has 0 aliphatic carbocycles. The van der Waals surface area contributed by atoms with E-state index < -0.39 is 12.0 Å². The Morgan fingerprint density at radius 2 is 1.62 bits per heavy atom. The fraction of sp³-hybridized carbons (Fsp3) is 0.0833. The molecule has 3 rings (SSSR count). The Balaban J connectivity index is 1.89. The molecule has 0 saturated heterocycles. The third-order valence-corrected chi connectivity index (χ3v) is 4.40. The van der Waals surface area contributed by atoms with Gasteiger partial charge in [-0.3, -0.25) is 4.79 Å². The normalized spacial score (nSPS) is 11.3. The van der Waals surface area contributed by atoms with Crippen LogP contribution in [0.15, 0.2) is 91.7 Å². The van der Waals surface area contributed by atoms with Gasteiger partial charge in [-0.05, 0) is 29.8 Å². The lowest BCUT2D eigenvalue weighted by Crippen LogP contribution is -2.33. The minimum atomic E-state index is -0.748. The van der Waals surface area contributed by atoms with Gasteiger partial charge in [-0.2, -0.15) is 0 Å². The summed E-state index contributed by atoms with van der Waals surface area (Å²) in [5, 5.41) is 12.6. The van der Waals surface area contributed by atoms with Gasteiger partial charge in [0.15, 0.2) is 5.78 Å². The van der Waals surface area contributed by atoms with Crippen molar-refractivity contribution < 1.29 is 19.4 Å². The fourth-order valence-electron chi connectivity index (χ4n) is 2.97. The molecule has 0 aromatic heterocycles. The summed E-state index contributed by atoms with van der Waals surface area (Å²) in [6, 6.07) is 21.8. The van der Waals surface area contributed by atoms with Crippen molar-refractivity contribution in [3.05, 3.63) is 108 Å². The van der Waals surface area contributed by atoms with E-state index in [1.54, 1.807) is 72.8 Å². The Morgan fingerprint density at radius 3 is 2.31 bits per heavy atom. The van der Waals surface area contributed by atoms with Crippen LogP contribution in [0.1, 0.15) is 21.5 Å². The van der Waals surface area contributed by atoms with Crippen LogP contribution in [0.25, 0.3) is 0 Å². The number of anilines is 1. The van der Waals surface area contributed by atoms with E-state index >= 15 is 0 Å². The monoisotopic (exact) mass is 387 g/mol. The molecule has 0 radical (unpaired) electrons. The lowest BCUT2D eigenvalue weighted by atomic mass is 10.00. The van der Waals surface area contributed by atoms with Crippen molar-refractivity contribution in [2.24, 2.45) is 0 Å². The van der Waals surface area contributed by atoms with E-state index in [1.807, 2.05) is 6.07 Å². The maximum atomic E-state index is 12.9. The van der Waals surface area contributed by atoms with Gasteiger partial charge < -0.3 is 15.2 Å². The van der Waals surface area contributed by atoms with Crippen molar-refractivity contribution in [3.63, 3.8) is 0 Å². The number of phenols is 1. The van der Waals surface area contributed by atoms with Gasteiger partial charge in [0.2, 0.25) is 0 Å². The van der Waals surface area contributed by atoms with Crippen LogP contribution < -0.4 is 5.32 Å². The lowest BCUT2D eigenvalue weighted by molar-refractivity contribution is -0.138. The average Bonchev–Trinajstić information content (AvgIpc) is 2.75. The van der Waals surface area contributed by atoms with Crippen molar-refractivity contribution in [2.45, 2.75) is 12.5 Å². The summed E-state index contributed by atoms with van der Waals surface area (Å²) < 4.78 is 4.99. The van der Waals surface area contributed by atoms with Gasteiger partial charge in [0.05, 0.1) is 6.26 Å². The van der Waals surface area contributed by atoms with Gasteiger partial charge in [-0.15, -0.1) is 0 Å². The fourth-order valence-corrected chi connectivity index (χ4v) is 2.97. The molecule has 3 aromatic rings. The zero-order chi connectivity index (χ0) is 20.6. The number of rotatable bonds is 8. The summed E-state index contributed by atoms with van der Waals surface area (Å²) in [5.41, 5.74) is 2.38. The summed E-state index contributed by atoms with van der Waals surface area (Å²) in [5.74, 6) is -0.519. The van der Waals surface area contributed by atoms with Gasteiger partial charge >= 0.3 is 5.97 Å². The Bertz CT molecular complexity index is 997. The van der Waals surface area contributed by atoms with E-state index in [4.69, 9.17) is 4.74 Å². The number of nitrogens with one attached hydrogen (secondary N) is 1. The van der Waals surface area contributed by atoms with Crippen LogP contribution in [0.5, 0.6) is 5.75 Å². The van der Waals surface area contributed by atoms with Gasteiger partial charge in [-0.25, -0.2) is 4.79 Å². The summed E-state index contributed by atoms with van der Waals surface area (Å²) in [6.07, 6.45) is 1.38. The summed E-state index contributed by atoms with van der Waals surface area (Å²) in [7, 11) is 0. The molecule has 0 aliphatic heterocycles. The highest BCUT2D eigenvalue weighted by Gasteiger charge is 2.23. The maximum absolute atomic E-state index is 12.9. The minimum absolute atomic E-state index is 0.144. The van der Waals surface area contributed by atoms with Crippen LogP contribution in [0, 0.1) is 0 Å². The SMILES string of the molecule is C=COC(=O)[C@H](Cc1ccc(O)cc1)Nc1ccccc1C(=O)c1ccccc1. The summed E-state index contributed by atoms with van der Waals surface area (Å²) in [4.78, 5) is 25.4. The zero-order valence-corrected chi connectivity index (χ0v) is 15.7. The molecule has 1 atom stereocenters. The maximum Gasteiger partial charge on any atom is 0.333 e. The Labute approximate surface area is 169 Å². The second-order valence-corrected chi connectivity index (χ2v) is 6.41. The number of benzene rings is 3. The molecule has 0 fully saturated rings. The predicted molar refractivity (Wildman–Crippen MR) is 112 cm³/mol. The molecular weight excluding hydrogens is 366 g/mol. The van der Waals surface area contributed by atoms with Gasteiger partial charge in [0.1, 0.15) is 11.8 Å². The number of phenolic OH excluding ortho intramolecular Hbond substituents is 1. The summed E-state index contributed by atoms with van der Waals surface area (Å²) >= 11 is 0. The van der Waals surface area contributed by atoms with Crippen LogP contribution >= 0.6 is 0 Å². The quantitative estimate of drug-likeness (QED) is 0.342. The number of esters is 1. The Hall–Kier alpha value is -3.86. The van der Waals surface area contributed by atoms with Crippen molar-refractivity contribution in [1.29, 1.82) is 0 Å². The molecule has 0 aliphatic rings. The molecule has 5 nitrogen and oxygen atoms in total. The largest absolute Gasteiger partial charge is 0.508 e. The van der Waals surface area contributed by atoms with E-state index in [9.17, 15) is 14.7 Å². The van der Waals surface area contributed by atoms with Crippen molar-refractivity contribution in [2.75, 3.05) is 5.32 Å². The van der Waals surface area contributed by atoms with Crippen LogP contribution in [0.3, 0.4) is 0 Å². The molecule has 0 unspecified atom stereocenters. The molecule has 0 amide bonds. The molecule has 0 saturated carbocycles. The van der Waals surface area contributed by atoms with Gasteiger partial charge in [0.25, 0.3) is 0 Å². The topological polar surface area (TPSA) is 75.6 Å². The lowest BCUT2D eigenvalue weighted by Gasteiger charge is -2.20. The standard InChI is InChI=1S/C24H21NO4/c1-2-29-24(28)22(16-17-12-14-19(26)15-13-17)25-21-11-7-6-10-20(21)23(27)18-8-4-3-5-9-18/h2-15,22,25-26H,1,16H2/t22-/m0/s1. The molecule has 3 aromatic carbocycles. The first-order valence-corrected chi connectivity index (χ1v) is 9.13. The van der Waals surface area contributed by atoms with Crippen LogP contribution in [0.2, 0.25) is 0 Å². The smallest absolute Gasteiger partial charge is 0.333 e. The van der Waals surface area contributed by atoms with Gasteiger partial charge in [0, 0.05) is 23.2 Å². The van der Waals surface area contributed by atoms with E-state index in [0.717, 1.165) is 11.8 Å².